The fourth-order valence-corrected chi connectivity index (χ4v) is 4.71. The second-order valence-corrected chi connectivity index (χ2v) is 7.02. The van der Waals surface area contributed by atoms with Crippen LogP contribution in [0, 0.1) is 0 Å². The van der Waals surface area contributed by atoms with Crippen molar-refractivity contribution in [2.24, 2.45) is 0 Å². The smallest absolute Gasteiger partial charge is 0.0244 e. The van der Waals surface area contributed by atoms with Gasteiger partial charge in [-0.3, -0.25) is 0 Å². The molecule has 1 fully saturated rings. The average molecular weight is 302 g/mol. The molecular weight excluding hydrogens is 284 g/mol. The molecule has 1 saturated carbocycles. The van der Waals surface area contributed by atoms with Crippen molar-refractivity contribution >= 4 is 11.8 Å². The normalized spacial score (nSPS) is 23.2. The molecule has 3 aromatic carbocycles. The van der Waals surface area contributed by atoms with Gasteiger partial charge in [-0.1, -0.05) is 78.9 Å². The Bertz CT molecular complexity index is 676. The van der Waals surface area contributed by atoms with Crippen LogP contribution in [0.25, 0.3) is 0 Å². The Balaban J connectivity index is 1.63. The van der Waals surface area contributed by atoms with Crippen LogP contribution < -0.4 is 0 Å². The Morgan fingerprint density at radius 2 is 0.909 bits per heavy atom. The van der Waals surface area contributed by atoms with E-state index in [9.17, 15) is 0 Å². The number of benzene rings is 3. The van der Waals surface area contributed by atoms with Crippen LogP contribution in [0.4, 0.5) is 0 Å². The lowest BCUT2D eigenvalue weighted by Gasteiger charge is -2.00. The van der Waals surface area contributed by atoms with Gasteiger partial charge in [0.25, 0.3) is 0 Å². The van der Waals surface area contributed by atoms with Crippen LogP contribution in [0.5, 0.6) is 0 Å². The maximum atomic E-state index is 2.27. The van der Waals surface area contributed by atoms with Gasteiger partial charge in [0.1, 0.15) is 0 Å². The van der Waals surface area contributed by atoms with Crippen molar-refractivity contribution in [3.63, 3.8) is 0 Å². The fourth-order valence-electron chi connectivity index (χ4n) is 3.23. The zero-order valence-electron chi connectivity index (χ0n) is 12.3. The third-order valence-electron chi connectivity index (χ3n) is 4.34. The summed E-state index contributed by atoms with van der Waals surface area (Å²) in [5.74, 6) is 1.24. The number of hydrogen-bond acceptors (Lipinski definition) is 1. The lowest BCUT2D eigenvalue weighted by molar-refractivity contribution is 1.03. The molecular formula is C21H18S. The van der Waals surface area contributed by atoms with E-state index in [0.717, 1.165) is 0 Å². The average Bonchev–Trinajstić information content (AvgIpc) is 3.31. The molecule has 0 amide bonds. The van der Waals surface area contributed by atoms with E-state index >= 15 is 0 Å². The van der Waals surface area contributed by atoms with E-state index in [0.29, 0.717) is 17.1 Å². The summed E-state index contributed by atoms with van der Waals surface area (Å²) in [6.45, 7) is 0. The van der Waals surface area contributed by atoms with Crippen molar-refractivity contribution in [2.75, 3.05) is 0 Å². The predicted molar refractivity (Wildman–Crippen MR) is 94.5 cm³/mol. The first kappa shape index (κ1) is 13.7. The van der Waals surface area contributed by atoms with E-state index in [2.05, 4.69) is 91.0 Å². The monoisotopic (exact) mass is 302 g/mol. The quantitative estimate of drug-likeness (QED) is 0.593. The van der Waals surface area contributed by atoms with Gasteiger partial charge in [-0.2, -0.15) is 0 Å². The summed E-state index contributed by atoms with van der Waals surface area (Å²) in [4.78, 5) is 1.37. The Labute approximate surface area is 136 Å². The molecule has 108 valence electrons. The molecule has 1 heteroatoms. The molecule has 4 rings (SSSR count). The first-order chi connectivity index (χ1) is 10.9. The van der Waals surface area contributed by atoms with E-state index in [-0.39, 0.29) is 0 Å². The summed E-state index contributed by atoms with van der Waals surface area (Å²) in [7, 11) is 0. The molecule has 0 heterocycles. The summed E-state index contributed by atoms with van der Waals surface area (Å²) in [6, 6.07) is 32.7. The topological polar surface area (TPSA) is 0 Å². The molecule has 2 atom stereocenters. The van der Waals surface area contributed by atoms with Gasteiger partial charge in [0.05, 0.1) is 0 Å². The van der Waals surface area contributed by atoms with Gasteiger partial charge >= 0.3 is 0 Å². The highest BCUT2D eigenvalue weighted by molar-refractivity contribution is 8.00. The number of rotatable bonds is 4. The summed E-state index contributed by atoms with van der Waals surface area (Å²) < 4.78 is 0. The van der Waals surface area contributed by atoms with Gasteiger partial charge in [-0.05, 0) is 23.3 Å². The van der Waals surface area contributed by atoms with Crippen LogP contribution in [0.1, 0.15) is 23.0 Å². The number of thioether (sulfide) groups is 1. The van der Waals surface area contributed by atoms with Crippen LogP contribution in [-0.2, 0) is 0 Å². The van der Waals surface area contributed by atoms with Gasteiger partial charge in [0, 0.05) is 22.0 Å². The minimum atomic E-state index is 0.619. The SMILES string of the molecule is c1ccc(SC2[C@H](c3ccccc3)[C@H]2c2ccccc2)cc1. The molecule has 0 bridgehead atoms. The van der Waals surface area contributed by atoms with E-state index < -0.39 is 0 Å². The standard InChI is InChI=1S/C21H18S/c1-4-10-16(11-5-1)19-20(17-12-6-2-7-13-17)21(19)22-18-14-8-3-9-15-18/h1-15,19-21H/t19-,20-/m1/s1. The molecule has 1 aliphatic rings. The molecule has 0 unspecified atom stereocenters. The highest BCUT2D eigenvalue weighted by Gasteiger charge is 2.52. The van der Waals surface area contributed by atoms with Crippen molar-refractivity contribution in [1.29, 1.82) is 0 Å². The minimum absolute atomic E-state index is 0.619. The van der Waals surface area contributed by atoms with E-state index in [1.807, 2.05) is 11.8 Å². The Hall–Kier alpha value is -1.99. The Morgan fingerprint density at radius 1 is 0.500 bits per heavy atom. The predicted octanol–water partition coefficient (Wildman–Crippen LogP) is 5.73. The molecule has 0 aromatic heterocycles. The van der Waals surface area contributed by atoms with Gasteiger partial charge in [-0.25, -0.2) is 0 Å². The van der Waals surface area contributed by atoms with Crippen molar-refractivity contribution in [2.45, 2.75) is 22.0 Å². The van der Waals surface area contributed by atoms with Gasteiger partial charge in [0.2, 0.25) is 0 Å². The molecule has 0 aliphatic heterocycles. The first-order valence-electron chi connectivity index (χ1n) is 7.75. The van der Waals surface area contributed by atoms with E-state index in [1.54, 1.807) is 0 Å². The van der Waals surface area contributed by atoms with Crippen molar-refractivity contribution in [1.82, 2.24) is 0 Å². The van der Waals surface area contributed by atoms with Crippen molar-refractivity contribution in [3.05, 3.63) is 102 Å². The minimum Gasteiger partial charge on any atom is -0.121 e. The summed E-state index contributed by atoms with van der Waals surface area (Å²) in [6.07, 6.45) is 0. The van der Waals surface area contributed by atoms with Crippen molar-refractivity contribution in [3.8, 4) is 0 Å². The highest BCUT2D eigenvalue weighted by atomic mass is 32.2. The van der Waals surface area contributed by atoms with Gasteiger partial charge < -0.3 is 0 Å². The summed E-state index contributed by atoms with van der Waals surface area (Å²) in [5, 5.41) is 0.632. The van der Waals surface area contributed by atoms with Gasteiger partial charge in [0.15, 0.2) is 0 Å². The molecule has 1 aliphatic carbocycles. The molecule has 3 aromatic rings. The fraction of sp³-hybridized carbons (Fsp3) is 0.143. The largest absolute Gasteiger partial charge is 0.121 e. The first-order valence-corrected chi connectivity index (χ1v) is 8.63. The Morgan fingerprint density at radius 3 is 1.36 bits per heavy atom. The van der Waals surface area contributed by atoms with E-state index in [1.165, 1.54) is 16.0 Å². The maximum absolute atomic E-state index is 2.27. The zero-order chi connectivity index (χ0) is 14.8. The third-order valence-corrected chi connectivity index (χ3v) is 5.74. The van der Waals surface area contributed by atoms with Gasteiger partial charge in [-0.15, -0.1) is 11.8 Å². The lowest BCUT2D eigenvalue weighted by atomic mass is 10.0. The summed E-state index contributed by atoms with van der Waals surface area (Å²) >= 11 is 2.02. The van der Waals surface area contributed by atoms with E-state index in [4.69, 9.17) is 0 Å². The lowest BCUT2D eigenvalue weighted by Crippen LogP contribution is -1.83. The van der Waals surface area contributed by atoms with Crippen molar-refractivity contribution < 1.29 is 0 Å². The molecule has 0 saturated heterocycles. The van der Waals surface area contributed by atoms with Crippen LogP contribution >= 0.6 is 11.8 Å². The summed E-state index contributed by atoms with van der Waals surface area (Å²) in [5.41, 5.74) is 2.93. The van der Waals surface area contributed by atoms with Crippen LogP contribution in [0.3, 0.4) is 0 Å². The number of hydrogen-bond donors (Lipinski definition) is 0. The molecule has 22 heavy (non-hydrogen) atoms. The maximum Gasteiger partial charge on any atom is 0.0244 e. The van der Waals surface area contributed by atoms with Crippen LogP contribution in [-0.4, -0.2) is 5.25 Å². The third kappa shape index (κ3) is 2.69. The molecule has 0 N–H and O–H groups in total. The molecule has 0 spiro atoms. The second-order valence-electron chi connectivity index (χ2n) is 5.77. The molecule has 0 nitrogen and oxygen atoms in total. The zero-order valence-corrected chi connectivity index (χ0v) is 13.1. The van der Waals surface area contributed by atoms with Crippen LogP contribution in [0.15, 0.2) is 95.9 Å². The highest BCUT2D eigenvalue weighted by Crippen LogP contribution is 2.62. The molecule has 0 radical (unpaired) electrons. The second kappa shape index (κ2) is 6.02. The Kier molecular flexibility index (Phi) is 3.74. The van der Waals surface area contributed by atoms with Crippen LogP contribution in [0.2, 0.25) is 0 Å².